The van der Waals surface area contributed by atoms with Crippen LogP contribution in [0.1, 0.15) is 39.0 Å². The Balaban J connectivity index is 1.71. The Labute approximate surface area is 105 Å². The Kier molecular flexibility index (Phi) is 4.83. The average molecular weight is 240 g/mol. The first kappa shape index (κ1) is 13.3. The van der Waals surface area contributed by atoms with Gasteiger partial charge in [0.2, 0.25) is 0 Å². The largest absolute Gasteiger partial charge is 0.381 e. The number of nitrogens with one attached hydrogen (secondary N) is 1. The second-order valence-corrected chi connectivity index (χ2v) is 6.25. The van der Waals surface area contributed by atoms with Gasteiger partial charge < -0.3 is 15.8 Å². The average Bonchev–Trinajstić information content (AvgIpc) is 2.85. The van der Waals surface area contributed by atoms with Crippen LogP contribution in [0, 0.1) is 17.3 Å². The molecule has 3 nitrogen and oxygen atoms in total. The van der Waals surface area contributed by atoms with Crippen LogP contribution in [0.3, 0.4) is 0 Å². The topological polar surface area (TPSA) is 47.3 Å². The van der Waals surface area contributed by atoms with Gasteiger partial charge in [-0.15, -0.1) is 0 Å². The van der Waals surface area contributed by atoms with Gasteiger partial charge in [0.1, 0.15) is 0 Å². The Morgan fingerprint density at radius 3 is 2.65 bits per heavy atom. The molecule has 0 aromatic heterocycles. The van der Waals surface area contributed by atoms with Crippen LogP contribution in [0.2, 0.25) is 0 Å². The molecule has 0 bridgehead atoms. The molecule has 2 fully saturated rings. The molecule has 0 radical (unpaired) electrons. The molecule has 1 aliphatic carbocycles. The lowest BCUT2D eigenvalue weighted by Gasteiger charge is -2.39. The summed E-state index contributed by atoms with van der Waals surface area (Å²) in [6, 6.07) is 0. The van der Waals surface area contributed by atoms with Crippen molar-refractivity contribution in [2.75, 3.05) is 32.8 Å². The number of hydrogen-bond acceptors (Lipinski definition) is 3. The van der Waals surface area contributed by atoms with Gasteiger partial charge >= 0.3 is 0 Å². The van der Waals surface area contributed by atoms with Gasteiger partial charge in [0.15, 0.2) is 0 Å². The minimum Gasteiger partial charge on any atom is -0.381 e. The van der Waals surface area contributed by atoms with E-state index in [0.29, 0.717) is 5.41 Å². The fourth-order valence-corrected chi connectivity index (χ4v) is 3.11. The van der Waals surface area contributed by atoms with Crippen molar-refractivity contribution in [3.05, 3.63) is 0 Å². The fourth-order valence-electron chi connectivity index (χ4n) is 3.11. The molecular formula is C14H28N2O. The zero-order valence-electron chi connectivity index (χ0n) is 11.2. The number of rotatable bonds is 5. The van der Waals surface area contributed by atoms with E-state index in [1.807, 2.05) is 0 Å². The molecular weight excluding hydrogens is 212 g/mol. The highest BCUT2D eigenvalue weighted by Gasteiger charge is 2.32. The number of hydrogen-bond donors (Lipinski definition) is 2. The molecule has 100 valence electrons. The molecule has 1 saturated heterocycles. The van der Waals surface area contributed by atoms with Gasteiger partial charge in [-0.3, -0.25) is 0 Å². The molecule has 1 aliphatic heterocycles. The molecule has 2 aliphatic rings. The molecule has 1 atom stereocenters. The molecule has 0 aromatic carbocycles. The summed E-state index contributed by atoms with van der Waals surface area (Å²) >= 11 is 0. The summed E-state index contributed by atoms with van der Waals surface area (Å²) < 4.78 is 5.40. The van der Waals surface area contributed by atoms with Gasteiger partial charge in [-0.25, -0.2) is 0 Å². The van der Waals surface area contributed by atoms with Gasteiger partial charge in [0, 0.05) is 19.7 Å². The first-order valence-corrected chi connectivity index (χ1v) is 7.23. The maximum absolute atomic E-state index is 6.01. The van der Waals surface area contributed by atoms with Crippen LogP contribution in [0.4, 0.5) is 0 Å². The molecule has 1 heterocycles. The Morgan fingerprint density at radius 1 is 1.29 bits per heavy atom. The lowest BCUT2D eigenvalue weighted by Crippen LogP contribution is -2.44. The number of nitrogens with two attached hydrogens (primary N) is 1. The first-order chi connectivity index (χ1) is 8.24. The second kappa shape index (κ2) is 6.17. The van der Waals surface area contributed by atoms with E-state index in [1.165, 1.54) is 32.1 Å². The monoisotopic (exact) mass is 240 g/mol. The molecule has 0 spiro atoms. The minimum absolute atomic E-state index is 0.381. The van der Waals surface area contributed by atoms with E-state index in [1.54, 1.807) is 0 Å². The van der Waals surface area contributed by atoms with Crippen LogP contribution in [-0.4, -0.2) is 32.8 Å². The molecule has 2 rings (SSSR count). The van der Waals surface area contributed by atoms with Crippen molar-refractivity contribution in [1.29, 1.82) is 0 Å². The zero-order valence-corrected chi connectivity index (χ0v) is 11.2. The third-order valence-electron chi connectivity index (χ3n) is 4.72. The first-order valence-electron chi connectivity index (χ1n) is 7.23. The predicted octanol–water partition coefficient (Wildman–Crippen LogP) is 1.77. The third kappa shape index (κ3) is 3.67. The highest BCUT2D eigenvalue weighted by atomic mass is 16.5. The highest BCUT2D eigenvalue weighted by Crippen LogP contribution is 2.37. The fraction of sp³-hybridized carbons (Fsp3) is 1.00. The van der Waals surface area contributed by atoms with Gasteiger partial charge in [0.25, 0.3) is 0 Å². The molecule has 1 saturated carbocycles. The Hall–Kier alpha value is -0.120. The maximum Gasteiger partial charge on any atom is 0.0507 e. The van der Waals surface area contributed by atoms with E-state index in [9.17, 15) is 0 Å². The maximum atomic E-state index is 6.01. The highest BCUT2D eigenvalue weighted by molar-refractivity contribution is 4.87. The molecule has 0 aromatic rings. The molecule has 17 heavy (non-hydrogen) atoms. The molecule has 3 N–H and O–H groups in total. The van der Waals surface area contributed by atoms with Crippen molar-refractivity contribution in [2.24, 2.45) is 23.0 Å². The molecule has 0 amide bonds. The van der Waals surface area contributed by atoms with E-state index in [4.69, 9.17) is 10.5 Å². The summed E-state index contributed by atoms with van der Waals surface area (Å²) in [6.07, 6.45) is 6.54. The SMILES string of the molecule is CC1CCC(CN)(CNCC2CCOC2)CC1. The van der Waals surface area contributed by atoms with E-state index in [2.05, 4.69) is 12.2 Å². The summed E-state index contributed by atoms with van der Waals surface area (Å²) in [5, 5.41) is 3.64. The van der Waals surface area contributed by atoms with Crippen molar-refractivity contribution in [3.8, 4) is 0 Å². The van der Waals surface area contributed by atoms with Crippen LogP contribution in [0.5, 0.6) is 0 Å². The third-order valence-corrected chi connectivity index (χ3v) is 4.72. The van der Waals surface area contributed by atoms with E-state index in [-0.39, 0.29) is 0 Å². The lowest BCUT2D eigenvalue weighted by molar-refractivity contribution is 0.154. The van der Waals surface area contributed by atoms with Gasteiger partial charge in [-0.2, -0.15) is 0 Å². The van der Waals surface area contributed by atoms with Crippen molar-refractivity contribution in [3.63, 3.8) is 0 Å². The number of ether oxygens (including phenoxy) is 1. The van der Waals surface area contributed by atoms with Crippen molar-refractivity contribution < 1.29 is 4.74 Å². The van der Waals surface area contributed by atoms with E-state index < -0.39 is 0 Å². The lowest BCUT2D eigenvalue weighted by atomic mass is 9.71. The van der Waals surface area contributed by atoms with Crippen molar-refractivity contribution in [1.82, 2.24) is 5.32 Å². The quantitative estimate of drug-likeness (QED) is 0.770. The van der Waals surface area contributed by atoms with Gasteiger partial charge in [0.05, 0.1) is 6.61 Å². The smallest absolute Gasteiger partial charge is 0.0507 e. The summed E-state index contributed by atoms with van der Waals surface area (Å²) in [7, 11) is 0. The van der Waals surface area contributed by atoms with Crippen LogP contribution >= 0.6 is 0 Å². The summed E-state index contributed by atoms with van der Waals surface area (Å²) in [5.74, 6) is 1.63. The van der Waals surface area contributed by atoms with E-state index >= 15 is 0 Å². The normalized spacial score (nSPS) is 38.5. The Bertz CT molecular complexity index is 218. The molecule has 1 unspecified atom stereocenters. The standard InChI is InChI=1S/C14H28N2O/c1-12-2-5-14(10-15,6-3-12)11-16-8-13-4-7-17-9-13/h12-13,16H,2-11,15H2,1H3. The summed E-state index contributed by atoms with van der Waals surface area (Å²) in [6.45, 7) is 7.31. The van der Waals surface area contributed by atoms with Crippen molar-refractivity contribution >= 4 is 0 Å². The van der Waals surface area contributed by atoms with Crippen LogP contribution < -0.4 is 11.1 Å². The predicted molar refractivity (Wildman–Crippen MR) is 70.9 cm³/mol. The molecule has 3 heteroatoms. The van der Waals surface area contributed by atoms with Crippen LogP contribution in [0.25, 0.3) is 0 Å². The minimum atomic E-state index is 0.381. The Morgan fingerprint density at radius 2 is 2.06 bits per heavy atom. The summed E-state index contributed by atoms with van der Waals surface area (Å²) in [5.41, 5.74) is 6.39. The second-order valence-electron chi connectivity index (χ2n) is 6.25. The van der Waals surface area contributed by atoms with Crippen LogP contribution in [-0.2, 0) is 4.74 Å². The summed E-state index contributed by atoms with van der Waals surface area (Å²) in [4.78, 5) is 0. The van der Waals surface area contributed by atoms with Crippen molar-refractivity contribution in [2.45, 2.75) is 39.0 Å². The zero-order chi connectivity index (χ0) is 12.1. The van der Waals surface area contributed by atoms with E-state index in [0.717, 1.165) is 44.7 Å². The van der Waals surface area contributed by atoms with Gasteiger partial charge in [-0.05, 0) is 43.1 Å². The van der Waals surface area contributed by atoms with Crippen LogP contribution in [0.15, 0.2) is 0 Å². The van der Waals surface area contributed by atoms with Gasteiger partial charge in [-0.1, -0.05) is 19.8 Å².